The van der Waals surface area contributed by atoms with Crippen LogP contribution >= 0.6 is 0 Å². The predicted octanol–water partition coefficient (Wildman–Crippen LogP) is -0.0507. The Morgan fingerprint density at radius 2 is 1.47 bits per heavy atom. The summed E-state index contributed by atoms with van der Waals surface area (Å²) >= 11 is 0. The van der Waals surface area contributed by atoms with Crippen LogP contribution in [0.1, 0.15) is 33.1 Å². The van der Waals surface area contributed by atoms with Gasteiger partial charge in [0.1, 0.15) is 6.04 Å². The molecule has 5 N–H and O–H groups in total. The van der Waals surface area contributed by atoms with Crippen molar-refractivity contribution in [3.63, 3.8) is 0 Å². The number of Topliss-reactive ketones (excluding diaryl/α,β-unsaturated/α-hetero) is 1. The topological polar surface area (TPSA) is 155 Å². The summed E-state index contributed by atoms with van der Waals surface area (Å²) in [5.74, 6) is -4.38. The van der Waals surface area contributed by atoms with Crippen molar-refractivity contribution in [2.45, 2.75) is 39.2 Å². The zero-order chi connectivity index (χ0) is 15.6. The van der Waals surface area contributed by atoms with Crippen molar-refractivity contribution in [1.29, 1.82) is 0 Å². The Hall–Kier alpha value is -1.96. The molecule has 0 heterocycles. The number of hydrogen-bond donors (Lipinski definition) is 4. The van der Waals surface area contributed by atoms with Crippen molar-refractivity contribution in [1.82, 2.24) is 0 Å². The lowest BCUT2D eigenvalue weighted by Gasteiger charge is -2.07. The van der Waals surface area contributed by atoms with Crippen LogP contribution in [0.2, 0.25) is 0 Å². The molecule has 0 fully saturated rings. The van der Waals surface area contributed by atoms with Crippen LogP contribution in [0.15, 0.2) is 0 Å². The lowest BCUT2D eigenvalue weighted by Crippen LogP contribution is -2.31. The van der Waals surface area contributed by atoms with Gasteiger partial charge in [0.25, 0.3) is 0 Å². The molecule has 0 rings (SSSR count). The van der Waals surface area contributed by atoms with Crippen molar-refractivity contribution >= 4 is 23.7 Å². The standard InChI is InChI=1S/C6H13NO2.C5H6O5/c1-4(2)3-5(7)6(8)9;6-3(5(9)10)1-2-4(7)8/h4-5H,3,7H2,1-2H3,(H,8,9);1-2H2,(H,7,8)(H,9,10)/t5-;/m0./s1. The summed E-state index contributed by atoms with van der Waals surface area (Å²) in [6.45, 7) is 3.89. The van der Waals surface area contributed by atoms with E-state index < -0.39 is 42.6 Å². The van der Waals surface area contributed by atoms with Crippen molar-refractivity contribution in [3.8, 4) is 0 Å². The molecule has 8 nitrogen and oxygen atoms in total. The molecule has 19 heavy (non-hydrogen) atoms. The molecule has 0 aliphatic rings. The van der Waals surface area contributed by atoms with E-state index >= 15 is 0 Å². The largest absolute Gasteiger partial charge is 0.481 e. The van der Waals surface area contributed by atoms with E-state index in [9.17, 15) is 19.2 Å². The summed E-state index contributed by atoms with van der Waals surface area (Å²) in [7, 11) is 0. The number of ketones is 1. The van der Waals surface area contributed by atoms with Gasteiger partial charge in [-0.15, -0.1) is 0 Å². The fraction of sp³-hybridized carbons (Fsp3) is 0.636. The zero-order valence-corrected chi connectivity index (χ0v) is 10.8. The van der Waals surface area contributed by atoms with Gasteiger partial charge < -0.3 is 21.1 Å². The minimum absolute atomic E-state index is 0.357. The number of hydrogen-bond acceptors (Lipinski definition) is 5. The highest BCUT2D eigenvalue weighted by molar-refractivity contribution is 6.32. The Kier molecular flexibility index (Phi) is 10.2. The Labute approximate surface area is 110 Å². The van der Waals surface area contributed by atoms with Gasteiger partial charge in [0, 0.05) is 6.42 Å². The van der Waals surface area contributed by atoms with Crippen LogP contribution < -0.4 is 5.73 Å². The van der Waals surface area contributed by atoms with Crippen LogP contribution in [-0.2, 0) is 19.2 Å². The average Bonchev–Trinajstić information content (AvgIpc) is 2.25. The molecule has 1 atom stereocenters. The second-order valence-corrected chi connectivity index (χ2v) is 4.20. The van der Waals surface area contributed by atoms with Crippen LogP contribution in [0.5, 0.6) is 0 Å². The van der Waals surface area contributed by atoms with E-state index in [4.69, 9.17) is 21.1 Å². The van der Waals surface area contributed by atoms with Gasteiger partial charge >= 0.3 is 17.9 Å². The zero-order valence-electron chi connectivity index (χ0n) is 10.8. The number of rotatable bonds is 7. The monoisotopic (exact) mass is 277 g/mol. The van der Waals surface area contributed by atoms with E-state index in [1.807, 2.05) is 13.8 Å². The van der Waals surface area contributed by atoms with Gasteiger partial charge in [-0.3, -0.25) is 14.4 Å². The second-order valence-electron chi connectivity index (χ2n) is 4.20. The molecule has 0 spiro atoms. The summed E-state index contributed by atoms with van der Waals surface area (Å²) in [6.07, 6.45) is -0.314. The first-order valence-electron chi connectivity index (χ1n) is 5.54. The smallest absolute Gasteiger partial charge is 0.372 e. The first kappa shape index (κ1) is 19.4. The maximum absolute atomic E-state index is 10.2. The van der Waals surface area contributed by atoms with E-state index in [1.54, 1.807) is 0 Å². The maximum Gasteiger partial charge on any atom is 0.372 e. The minimum Gasteiger partial charge on any atom is -0.481 e. The molecule has 110 valence electrons. The first-order valence-corrected chi connectivity index (χ1v) is 5.54. The molecular formula is C11H19NO7. The van der Waals surface area contributed by atoms with E-state index in [1.165, 1.54) is 0 Å². The summed E-state index contributed by atoms with van der Waals surface area (Å²) < 4.78 is 0. The van der Waals surface area contributed by atoms with Crippen LogP contribution in [0.25, 0.3) is 0 Å². The van der Waals surface area contributed by atoms with Gasteiger partial charge in [0.2, 0.25) is 5.78 Å². The molecule has 0 aliphatic carbocycles. The van der Waals surface area contributed by atoms with Gasteiger partial charge in [0.05, 0.1) is 6.42 Å². The molecule has 0 aliphatic heterocycles. The number of carbonyl (C=O) groups excluding carboxylic acids is 1. The maximum atomic E-state index is 10.2. The SMILES string of the molecule is CC(C)C[C@H](N)C(=O)O.O=C(O)CCC(=O)C(=O)O. The van der Waals surface area contributed by atoms with Crippen molar-refractivity contribution < 1.29 is 34.5 Å². The molecule has 0 radical (unpaired) electrons. The second kappa shape index (κ2) is 10.0. The third-order valence-electron chi connectivity index (χ3n) is 1.85. The predicted molar refractivity (Wildman–Crippen MR) is 64.6 cm³/mol. The average molecular weight is 277 g/mol. The molecule has 0 amide bonds. The quantitative estimate of drug-likeness (QED) is 0.472. The summed E-state index contributed by atoms with van der Waals surface area (Å²) in [5, 5.41) is 24.3. The third kappa shape index (κ3) is 14.0. The minimum atomic E-state index is -1.58. The fourth-order valence-corrected chi connectivity index (χ4v) is 0.936. The van der Waals surface area contributed by atoms with Gasteiger partial charge in [-0.25, -0.2) is 4.79 Å². The van der Waals surface area contributed by atoms with Gasteiger partial charge in [-0.1, -0.05) is 13.8 Å². The molecule has 0 saturated carbocycles. The Morgan fingerprint density at radius 3 is 1.68 bits per heavy atom. The lowest BCUT2D eigenvalue weighted by atomic mass is 10.1. The van der Waals surface area contributed by atoms with Crippen molar-refractivity contribution in [3.05, 3.63) is 0 Å². The van der Waals surface area contributed by atoms with E-state index in [-0.39, 0.29) is 0 Å². The molecule has 8 heteroatoms. The van der Waals surface area contributed by atoms with E-state index in [2.05, 4.69) is 0 Å². The number of carboxylic acid groups (broad SMARTS) is 3. The Morgan fingerprint density at radius 1 is 1.00 bits per heavy atom. The van der Waals surface area contributed by atoms with Gasteiger partial charge in [0.15, 0.2) is 0 Å². The molecule has 0 aromatic heterocycles. The lowest BCUT2D eigenvalue weighted by molar-refractivity contribution is -0.149. The normalized spacial score (nSPS) is 11.2. The third-order valence-corrected chi connectivity index (χ3v) is 1.85. The highest BCUT2D eigenvalue weighted by Crippen LogP contribution is 2.01. The number of carboxylic acids is 3. The molecule has 0 bridgehead atoms. The van der Waals surface area contributed by atoms with E-state index in [0.29, 0.717) is 12.3 Å². The van der Waals surface area contributed by atoms with Gasteiger partial charge in [-0.05, 0) is 12.3 Å². The molecule has 0 aromatic carbocycles. The molecule has 0 saturated heterocycles. The summed E-state index contributed by atoms with van der Waals surface area (Å²) in [5.41, 5.74) is 5.22. The van der Waals surface area contributed by atoms with E-state index in [0.717, 1.165) is 0 Å². The van der Waals surface area contributed by atoms with Crippen LogP contribution in [0.4, 0.5) is 0 Å². The highest BCUT2D eigenvalue weighted by Gasteiger charge is 2.12. The number of nitrogens with two attached hydrogens (primary N) is 1. The molecular weight excluding hydrogens is 258 g/mol. The van der Waals surface area contributed by atoms with Crippen LogP contribution in [0, 0.1) is 5.92 Å². The highest BCUT2D eigenvalue weighted by atomic mass is 16.4. The summed E-state index contributed by atoms with van der Waals surface area (Å²) in [4.78, 5) is 39.8. The summed E-state index contributed by atoms with van der Waals surface area (Å²) in [6, 6.07) is -0.690. The van der Waals surface area contributed by atoms with Crippen LogP contribution in [0.3, 0.4) is 0 Å². The first-order chi connectivity index (χ1) is 8.57. The Bertz CT molecular complexity index is 338. The number of carbonyl (C=O) groups is 4. The molecule has 0 unspecified atom stereocenters. The van der Waals surface area contributed by atoms with Gasteiger partial charge in [-0.2, -0.15) is 0 Å². The number of aliphatic carboxylic acids is 3. The molecule has 0 aromatic rings. The van der Waals surface area contributed by atoms with Crippen molar-refractivity contribution in [2.75, 3.05) is 0 Å². The van der Waals surface area contributed by atoms with Crippen molar-refractivity contribution in [2.24, 2.45) is 11.7 Å². The fourth-order valence-electron chi connectivity index (χ4n) is 0.936. The Balaban J connectivity index is 0. The van der Waals surface area contributed by atoms with Crippen LogP contribution in [-0.4, -0.2) is 45.1 Å².